The van der Waals surface area contributed by atoms with E-state index < -0.39 is 0 Å². The Labute approximate surface area is 148 Å². The predicted octanol–water partition coefficient (Wildman–Crippen LogP) is 4.80. The first-order valence-electron chi connectivity index (χ1n) is 7.24. The average Bonchev–Trinajstić information content (AvgIpc) is 2.99. The van der Waals surface area contributed by atoms with Crippen molar-refractivity contribution in [2.75, 3.05) is 10.6 Å². The summed E-state index contributed by atoms with van der Waals surface area (Å²) in [4.78, 5) is 20.9. The first-order chi connectivity index (χ1) is 11.5. The topological polar surface area (TPSA) is 66.9 Å². The molecule has 0 saturated heterocycles. The predicted molar refractivity (Wildman–Crippen MR) is 98.5 cm³/mol. The zero-order valence-electron chi connectivity index (χ0n) is 13.1. The SMILES string of the molecule is Cc1ccnc(Nc2nc(C(=O)Nc3c(C)cccc3Cl)cs2)c1. The fourth-order valence-corrected chi connectivity index (χ4v) is 3.08. The number of nitrogens with one attached hydrogen (secondary N) is 2. The van der Waals surface area contributed by atoms with Gasteiger partial charge in [0.15, 0.2) is 5.13 Å². The number of amides is 1. The summed E-state index contributed by atoms with van der Waals surface area (Å²) in [7, 11) is 0. The van der Waals surface area contributed by atoms with Gasteiger partial charge < -0.3 is 10.6 Å². The Kier molecular flexibility index (Phi) is 4.78. The van der Waals surface area contributed by atoms with E-state index in [1.54, 1.807) is 17.6 Å². The van der Waals surface area contributed by atoms with Crippen molar-refractivity contribution in [3.8, 4) is 0 Å². The van der Waals surface area contributed by atoms with Crippen LogP contribution >= 0.6 is 22.9 Å². The Hall–Kier alpha value is -2.44. The molecule has 0 atom stereocenters. The number of anilines is 3. The van der Waals surface area contributed by atoms with Gasteiger partial charge in [-0.15, -0.1) is 11.3 Å². The van der Waals surface area contributed by atoms with Crippen molar-refractivity contribution >= 4 is 45.5 Å². The van der Waals surface area contributed by atoms with Gasteiger partial charge in [-0.1, -0.05) is 23.7 Å². The fraction of sp³-hybridized carbons (Fsp3) is 0.118. The Morgan fingerprint density at radius 1 is 1.25 bits per heavy atom. The number of carbonyl (C=O) groups excluding carboxylic acids is 1. The van der Waals surface area contributed by atoms with Crippen molar-refractivity contribution in [2.24, 2.45) is 0 Å². The van der Waals surface area contributed by atoms with Crippen LogP contribution in [0.15, 0.2) is 41.9 Å². The van der Waals surface area contributed by atoms with Crippen molar-refractivity contribution in [2.45, 2.75) is 13.8 Å². The third-order valence-corrected chi connectivity index (χ3v) is 4.42. The van der Waals surface area contributed by atoms with Gasteiger partial charge in [0.1, 0.15) is 11.5 Å². The number of hydrogen-bond donors (Lipinski definition) is 2. The molecule has 24 heavy (non-hydrogen) atoms. The molecule has 3 aromatic rings. The van der Waals surface area contributed by atoms with E-state index in [1.165, 1.54) is 11.3 Å². The van der Waals surface area contributed by atoms with E-state index >= 15 is 0 Å². The number of rotatable bonds is 4. The number of thiazole rings is 1. The van der Waals surface area contributed by atoms with E-state index in [4.69, 9.17) is 11.6 Å². The minimum Gasteiger partial charge on any atom is -0.319 e. The molecule has 0 aliphatic heterocycles. The van der Waals surface area contributed by atoms with E-state index in [9.17, 15) is 4.79 Å². The number of nitrogens with zero attached hydrogens (tertiary/aromatic N) is 2. The fourth-order valence-electron chi connectivity index (χ4n) is 2.12. The van der Waals surface area contributed by atoms with Gasteiger partial charge in [-0.2, -0.15) is 0 Å². The van der Waals surface area contributed by atoms with Gasteiger partial charge in [0.05, 0.1) is 10.7 Å². The molecule has 0 bridgehead atoms. The minimum absolute atomic E-state index is 0.298. The van der Waals surface area contributed by atoms with Crippen molar-refractivity contribution in [3.63, 3.8) is 0 Å². The molecular weight excluding hydrogens is 344 g/mol. The lowest BCUT2D eigenvalue weighted by molar-refractivity contribution is 0.102. The Morgan fingerprint density at radius 3 is 2.83 bits per heavy atom. The summed E-state index contributed by atoms with van der Waals surface area (Å²) >= 11 is 7.48. The molecule has 2 aromatic heterocycles. The van der Waals surface area contributed by atoms with Crippen molar-refractivity contribution in [1.29, 1.82) is 0 Å². The zero-order chi connectivity index (χ0) is 17.1. The molecule has 0 saturated carbocycles. The largest absolute Gasteiger partial charge is 0.319 e. The molecule has 0 aliphatic carbocycles. The summed E-state index contributed by atoms with van der Waals surface area (Å²) in [5.74, 6) is 0.394. The second-order valence-corrected chi connectivity index (χ2v) is 6.53. The molecule has 7 heteroatoms. The highest BCUT2D eigenvalue weighted by Gasteiger charge is 2.14. The van der Waals surface area contributed by atoms with Gasteiger partial charge in [0.2, 0.25) is 0 Å². The third-order valence-electron chi connectivity index (χ3n) is 3.35. The number of para-hydroxylation sites is 1. The monoisotopic (exact) mass is 358 g/mol. The summed E-state index contributed by atoms with van der Waals surface area (Å²) in [6.45, 7) is 3.87. The quantitative estimate of drug-likeness (QED) is 0.702. The van der Waals surface area contributed by atoms with E-state index in [0.29, 0.717) is 27.4 Å². The number of aromatic nitrogens is 2. The average molecular weight is 359 g/mol. The van der Waals surface area contributed by atoms with E-state index in [-0.39, 0.29) is 5.91 Å². The summed E-state index contributed by atoms with van der Waals surface area (Å²) in [6, 6.07) is 9.29. The van der Waals surface area contributed by atoms with Gasteiger partial charge in [-0.25, -0.2) is 9.97 Å². The minimum atomic E-state index is -0.298. The van der Waals surface area contributed by atoms with Crippen molar-refractivity contribution in [1.82, 2.24) is 9.97 Å². The molecule has 2 heterocycles. The standard InChI is InChI=1S/C17H15ClN4OS/c1-10-6-7-19-14(8-10)21-17-20-13(9-24-17)16(23)22-15-11(2)4-3-5-12(15)18/h3-9H,1-2H3,(H,22,23)(H,19,20,21). The summed E-state index contributed by atoms with van der Waals surface area (Å²) in [5.41, 5.74) is 2.92. The highest BCUT2D eigenvalue weighted by atomic mass is 35.5. The Bertz CT molecular complexity index is 874. The van der Waals surface area contributed by atoms with Crippen LogP contribution in [-0.2, 0) is 0 Å². The van der Waals surface area contributed by atoms with Crippen LogP contribution in [-0.4, -0.2) is 15.9 Å². The maximum Gasteiger partial charge on any atom is 0.275 e. The van der Waals surface area contributed by atoms with Crippen LogP contribution in [0, 0.1) is 13.8 Å². The van der Waals surface area contributed by atoms with Crippen LogP contribution in [0.5, 0.6) is 0 Å². The van der Waals surface area contributed by atoms with Gasteiger partial charge >= 0.3 is 0 Å². The maximum absolute atomic E-state index is 12.4. The number of aryl methyl sites for hydroxylation is 2. The molecule has 1 aromatic carbocycles. The molecule has 0 spiro atoms. The van der Waals surface area contributed by atoms with Gasteiger partial charge in [0, 0.05) is 11.6 Å². The number of pyridine rings is 1. The van der Waals surface area contributed by atoms with Gasteiger partial charge in [-0.3, -0.25) is 4.79 Å². The molecule has 0 radical (unpaired) electrons. The molecule has 2 N–H and O–H groups in total. The lowest BCUT2D eigenvalue weighted by Gasteiger charge is -2.08. The highest BCUT2D eigenvalue weighted by Crippen LogP contribution is 2.26. The van der Waals surface area contributed by atoms with Crippen LogP contribution in [0.25, 0.3) is 0 Å². The molecule has 0 fully saturated rings. The van der Waals surface area contributed by atoms with Crippen LogP contribution in [0.4, 0.5) is 16.6 Å². The van der Waals surface area contributed by atoms with E-state index in [1.807, 2.05) is 38.1 Å². The number of benzene rings is 1. The zero-order valence-corrected chi connectivity index (χ0v) is 14.7. The summed E-state index contributed by atoms with van der Waals surface area (Å²) in [5, 5.41) is 8.71. The first-order valence-corrected chi connectivity index (χ1v) is 8.50. The molecule has 5 nitrogen and oxygen atoms in total. The molecule has 122 valence electrons. The smallest absolute Gasteiger partial charge is 0.275 e. The second kappa shape index (κ2) is 6.98. The lowest BCUT2D eigenvalue weighted by atomic mass is 10.2. The van der Waals surface area contributed by atoms with E-state index in [0.717, 1.165) is 11.1 Å². The molecule has 0 unspecified atom stereocenters. The van der Waals surface area contributed by atoms with Crippen LogP contribution < -0.4 is 10.6 Å². The number of carbonyl (C=O) groups is 1. The van der Waals surface area contributed by atoms with Gasteiger partial charge in [0.25, 0.3) is 5.91 Å². The van der Waals surface area contributed by atoms with Crippen molar-refractivity contribution < 1.29 is 4.79 Å². The van der Waals surface area contributed by atoms with E-state index in [2.05, 4.69) is 20.6 Å². The van der Waals surface area contributed by atoms with Crippen molar-refractivity contribution in [3.05, 3.63) is 63.8 Å². The summed E-state index contributed by atoms with van der Waals surface area (Å²) in [6.07, 6.45) is 1.72. The first kappa shape index (κ1) is 16.4. The Balaban J connectivity index is 1.74. The molecule has 0 aliphatic rings. The second-order valence-electron chi connectivity index (χ2n) is 5.27. The maximum atomic E-state index is 12.4. The molecule has 3 rings (SSSR count). The molecule has 1 amide bonds. The highest BCUT2D eigenvalue weighted by molar-refractivity contribution is 7.14. The lowest BCUT2D eigenvalue weighted by Crippen LogP contribution is -2.13. The van der Waals surface area contributed by atoms with Gasteiger partial charge in [-0.05, 0) is 43.2 Å². The Morgan fingerprint density at radius 2 is 2.08 bits per heavy atom. The van der Waals surface area contributed by atoms with Crippen LogP contribution in [0.1, 0.15) is 21.6 Å². The summed E-state index contributed by atoms with van der Waals surface area (Å²) < 4.78 is 0. The normalized spacial score (nSPS) is 10.5. The molecular formula is C17H15ClN4OS. The third kappa shape index (κ3) is 3.72. The van der Waals surface area contributed by atoms with Crippen LogP contribution in [0.2, 0.25) is 5.02 Å². The van der Waals surface area contributed by atoms with Crippen LogP contribution in [0.3, 0.4) is 0 Å². The number of hydrogen-bond acceptors (Lipinski definition) is 5. The number of halogens is 1.